The second kappa shape index (κ2) is 8.13. The third-order valence-corrected chi connectivity index (χ3v) is 5.52. The molecule has 3 rings (SSSR count). The Bertz CT molecular complexity index is 863. The van der Waals surface area contributed by atoms with Crippen LogP contribution in [0.3, 0.4) is 0 Å². The Labute approximate surface area is 166 Å². The first-order valence-electron chi connectivity index (χ1n) is 9.69. The minimum absolute atomic E-state index is 0.0612. The molecular formula is C23H27FN2O2. The summed E-state index contributed by atoms with van der Waals surface area (Å²) >= 11 is 0. The normalized spacial score (nSPS) is 18.9. The van der Waals surface area contributed by atoms with E-state index in [1.807, 2.05) is 30.0 Å². The summed E-state index contributed by atoms with van der Waals surface area (Å²) in [5, 5.41) is 0. The van der Waals surface area contributed by atoms with Crippen LogP contribution in [0, 0.1) is 11.2 Å². The van der Waals surface area contributed by atoms with Gasteiger partial charge in [-0.05, 0) is 41.7 Å². The quantitative estimate of drug-likeness (QED) is 0.790. The van der Waals surface area contributed by atoms with E-state index in [0.29, 0.717) is 32.4 Å². The van der Waals surface area contributed by atoms with Crippen LogP contribution in [0.25, 0.3) is 11.1 Å². The standard InChI is InChI=1S/C23H27FN2O2/c1-4-21(27)26-13-12-23(16-26,22(28)25(2)3)15-17-6-5-7-19(14-17)18-8-10-20(24)11-9-18/h5-11,14H,4,12-13,15-16H2,1-3H3. The van der Waals surface area contributed by atoms with E-state index >= 15 is 0 Å². The van der Waals surface area contributed by atoms with E-state index in [1.165, 1.54) is 12.1 Å². The van der Waals surface area contributed by atoms with Crippen molar-refractivity contribution in [2.75, 3.05) is 27.2 Å². The summed E-state index contributed by atoms with van der Waals surface area (Å²) in [4.78, 5) is 28.7. The molecule has 5 heteroatoms. The highest BCUT2D eigenvalue weighted by atomic mass is 19.1. The van der Waals surface area contributed by atoms with Gasteiger partial charge in [0.2, 0.25) is 11.8 Å². The minimum Gasteiger partial charge on any atom is -0.348 e. The zero-order chi connectivity index (χ0) is 20.3. The summed E-state index contributed by atoms with van der Waals surface area (Å²) in [6, 6.07) is 14.4. The fourth-order valence-corrected chi connectivity index (χ4v) is 4.07. The van der Waals surface area contributed by atoms with Crippen molar-refractivity contribution >= 4 is 11.8 Å². The molecule has 148 valence electrons. The van der Waals surface area contributed by atoms with Gasteiger partial charge in [-0.3, -0.25) is 9.59 Å². The third kappa shape index (κ3) is 4.08. The molecule has 0 N–H and O–H groups in total. The predicted molar refractivity (Wildman–Crippen MR) is 108 cm³/mol. The molecule has 1 fully saturated rings. The van der Waals surface area contributed by atoms with E-state index in [1.54, 1.807) is 31.1 Å². The van der Waals surface area contributed by atoms with Crippen molar-refractivity contribution in [1.82, 2.24) is 9.80 Å². The van der Waals surface area contributed by atoms with Gasteiger partial charge in [-0.15, -0.1) is 0 Å². The predicted octanol–water partition coefficient (Wildman–Crippen LogP) is 3.75. The fourth-order valence-electron chi connectivity index (χ4n) is 4.07. The Morgan fingerprint density at radius 2 is 1.82 bits per heavy atom. The molecule has 0 bridgehead atoms. The molecular weight excluding hydrogens is 355 g/mol. The van der Waals surface area contributed by atoms with Crippen molar-refractivity contribution in [3.8, 4) is 11.1 Å². The average Bonchev–Trinajstić information content (AvgIpc) is 3.12. The number of benzene rings is 2. The number of carbonyl (C=O) groups is 2. The van der Waals surface area contributed by atoms with Gasteiger partial charge in [0.1, 0.15) is 5.82 Å². The highest BCUT2D eigenvalue weighted by Gasteiger charge is 2.46. The van der Waals surface area contributed by atoms with Crippen molar-refractivity contribution < 1.29 is 14.0 Å². The molecule has 1 atom stereocenters. The smallest absolute Gasteiger partial charge is 0.230 e. The second-order valence-electron chi connectivity index (χ2n) is 7.78. The lowest BCUT2D eigenvalue weighted by Crippen LogP contribution is -2.44. The van der Waals surface area contributed by atoms with Crippen LogP contribution in [-0.4, -0.2) is 48.8 Å². The summed E-state index contributed by atoms with van der Waals surface area (Å²) in [6.07, 6.45) is 1.69. The first-order chi connectivity index (χ1) is 13.3. The molecule has 0 aliphatic carbocycles. The van der Waals surface area contributed by atoms with E-state index < -0.39 is 5.41 Å². The van der Waals surface area contributed by atoms with Crippen LogP contribution in [0.4, 0.5) is 4.39 Å². The molecule has 1 heterocycles. The zero-order valence-corrected chi connectivity index (χ0v) is 16.7. The number of nitrogens with zero attached hydrogens (tertiary/aromatic N) is 2. The molecule has 1 unspecified atom stereocenters. The maximum Gasteiger partial charge on any atom is 0.230 e. The first-order valence-corrected chi connectivity index (χ1v) is 9.69. The van der Waals surface area contributed by atoms with Crippen molar-refractivity contribution in [2.45, 2.75) is 26.2 Å². The minimum atomic E-state index is -0.601. The monoisotopic (exact) mass is 382 g/mol. The van der Waals surface area contributed by atoms with Crippen molar-refractivity contribution in [1.29, 1.82) is 0 Å². The Hall–Kier alpha value is -2.69. The van der Waals surface area contributed by atoms with Crippen LogP contribution in [0.1, 0.15) is 25.3 Å². The molecule has 0 aromatic heterocycles. The molecule has 4 nitrogen and oxygen atoms in total. The lowest BCUT2D eigenvalue weighted by Gasteiger charge is -2.31. The highest BCUT2D eigenvalue weighted by Crippen LogP contribution is 2.37. The van der Waals surface area contributed by atoms with Crippen molar-refractivity contribution in [2.24, 2.45) is 5.41 Å². The molecule has 2 aromatic rings. The lowest BCUT2D eigenvalue weighted by atomic mass is 9.79. The van der Waals surface area contributed by atoms with Gasteiger partial charge >= 0.3 is 0 Å². The van der Waals surface area contributed by atoms with Gasteiger partial charge < -0.3 is 9.80 Å². The fraction of sp³-hybridized carbons (Fsp3) is 0.391. The maximum absolute atomic E-state index is 13.2. The molecule has 0 spiro atoms. The van der Waals surface area contributed by atoms with Crippen LogP contribution in [0.5, 0.6) is 0 Å². The molecule has 0 radical (unpaired) electrons. The summed E-state index contributed by atoms with van der Waals surface area (Å²) in [6.45, 7) is 2.92. The summed E-state index contributed by atoms with van der Waals surface area (Å²) < 4.78 is 13.2. The van der Waals surface area contributed by atoms with Crippen molar-refractivity contribution in [3.63, 3.8) is 0 Å². The van der Waals surface area contributed by atoms with E-state index in [9.17, 15) is 14.0 Å². The summed E-state index contributed by atoms with van der Waals surface area (Å²) in [7, 11) is 3.53. The molecule has 1 aliphatic heterocycles. The van der Waals surface area contributed by atoms with E-state index in [-0.39, 0.29) is 17.6 Å². The topological polar surface area (TPSA) is 40.6 Å². The number of amides is 2. The number of hydrogen-bond acceptors (Lipinski definition) is 2. The number of hydrogen-bond donors (Lipinski definition) is 0. The maximum atomic E-state index is 13.2. The Morgan fingerprint density at radius 1 is 1.11 bits per heavy atom. The Kier molecular flexibility index (Phi) is 5.82. The lowest BCUT2D eigenvalue weighted by molar-refractivity contribution is -0.139. The molecule has 1 aliphatic rings. The van der Waals surface area contributed by atoms with Gasteiger partial charge in [-0.25, -0.2) is 4.39 Å². The summed E-state index contributed by atoms with van der Waals surface area (Å²) in [5.41, 5.74) is 2.37. The first kappa shape index (κ1) is 20.1. The van der Waals surface area contributed by atoms with Gasteiger partial charge in [0.05, 0.1) is 5.41 Å². The van der Waals surface area contributed by atoms with Crippen LogP contribution >= 0.6 is 0 Å². The molecule has 1 saturated heterocycles. The number of halogens is 1. The number of likely N-dealkylation sites (tertiary alicyclic amines) is 1. The number of carbonyl (C=O) groups excluding carboxylic acids is 2. The second-order valence-corrected chi connectivity index (χ2v) is 7.78. The molecule has 2 amide bonds. The number of rotatable bonds is 5. The van der Waals surface area contributed by atoms with E-state index in [2.05, 4.69) is 6.07 Å². The van der Waals surface area contributed by atoms with Crippen LogP contribution in [0.2, 0.25) is 0 Å². The molecule has 2 aromatic carbocycles. The van der Waals surface area contributed by atoms with Gasteiger partial charge in [0.15, 0.2) is 0 Å². The Morgan fingerprint density at radius 3 is 2.46 bits per heavy atom. The van der Waals surface area contributed by atoms with Gasteiger partial charge in [0, 0.05) is 33.6 Å². The van der Waals surface area contributed by atoms with Crippen molar-refractivity contribution in [3.05, 3.63) is 59.9 Å². The highest BCUT2D eigenvalue weighted by molar-refractivity contribution is 5.85. The average molecular weight is 382 g/mol. The van der Waals surface area contributed by atoms with Gasteiger partial charge in [0.25, 0.3) is 0 Å². The van der Waals surface area contributed by atoms with Gasteiger partial charge in [-0.2, -0.15) is 0 Å². The Balaban J connectivity index is 1.89. The summed E-state index contributed by atoms with van der Waals surface area (Å²) in [5.74, 6) is -0.110. The third-order valence-electron chi connectivity index (χ3n) is 5.52. The van der Waals surface area contributed by atoms with Crippen LogP contribution in [-0.2, 0) is 16.0 Å². The largest absolute Gasteiger partial charge is 0.348 e. The van der Waals surface area contributed by atoms with E-state index in [4.69, 9.17) is 0 Å². The van der Waals surface area contributed by atoms with Crippen LogP contribution in [0.15, 0.2) is 48.5 Å². The zero-order valence-electron chi connectivity index (χ0n) is 16.7. The van der Waals surface area contributed by atoms with E-state index in [0.717, 1.165) is 16.7 Å². The SMILES string of the molecule is CCC(=O)N1CCC(Cc2cccc(-c3ccc(F)cc3)c2)(C(=O)N(C)C)C1. The molecule has 28 heavy (non-hydrogen) atoms. The van der Waals surface area contributed by atoms with Crippen LogP contribution < -0.4 is 0 Å². The van der Waals surface area contributed by atoms with Gasteiger partial charge in [-0.1, -0.05) is 43.3 Å². The molecule has 0 saturated carbocycles.